The fraction of sp³-hybridized carbons (Fsp3) is 1.00. The maximum atomic E-state index is 5.39. The summed E-state index contributed by atoms with van der Waals surface area (Å²) in [6.07, 6.45) is 5.00. The van der Waals surface area contributed by atoms with Gasteiger partial charge in [0.1, 0.15) is 0 Å². The zero-order chi connectivity index (χ0) is 11.4. The average Bonchev–Trinajstić information content (AvgIpc) is 2.22. The molecule has 0 saturated carbocycles. The van der Waals surface area contributed by atoms with Crippen molar-refractivity contribution < 1.29 is 9.47 Å². The molecule has 0 aliphatic carbocycles. The Hall–Kier alpha value is -0.120. The third kappa shape index (κ3) is 11.8. The lowest BCUT2D eigenvalue weighted by Crippen LogP contribution is -2.25. The minimum absolute atomic E-state index is 0.657. The molecule has 3 nitrogen and oxygen atoms in total. The average molecular weight is 217 g/mol. The molecule has 15 heavy (non-hydrogen) atoms. The fourth-order valence-electron chi connectivity index (χ4n) is 1.53. The van der Waals surface area contributed by atoms with Crippen LogP contribution in [0.25, 0.3) is 0 Å². The van der Waals surface area contributed by atoms with E-state index in [2.05, 4.69) is 19.2 Å². The van der Waals surface area contributed by atoms with Crippen LogP contribution in [-0.2, 0) is 9.47 Å². The third-order valence-electron chi connectivity index (χ3n) is 2.41. The Bertz CT molecular complexity index is 120. The Kier molecular flexibility index (Phi) is 11.9. The summed E-state index contributed by atoms with van der Waals surface area (Å²) in [5, 5.41) is 3.42. The van der Waals surface area contributed by atoms with Gasteiger partial charge in [-0.2, -0.15) is 0 Å². The monoisotopic (exact) mass is 217 g/mol. The van der Waals surface area contributed by atoms with Gasteiger partial charge in [-0.05, 0) is 26.3 Å². The Morgan fingerprint density at radius 3 is 2.53 bits per heavy atom. The van der Waals surface area contributed by atoms with Crippen molar-refractivity contribution in [3.05, 3.63) is 0 Å². The van der Waals surface area contributed by atoms with Crippen molar-refractivity contribution in [3.63, 3.8) is 0 Å². The van der Waals surface area contributed by atoms with Crippen molar-refractivity contribution in [3.8, 4) is 0 Å². The molecule has 0 aromatic rings. The molecule has 1 N–H and O–H groups in total. The number of nitrogens with one attached hydrogen (secondary N) is 1. The molecule has 0 aliphatic heterocycles. The molecular formula is C12H27NO2. The van der Waals surface area contributed by atoms with Gasteiger partial charge >= 0.3 is 0 Å². The second-order valence-electron chi connectivity index (χ2n) is 3.91. The van der Waals surface area contributed by atoms with Crippen LogP contribution in [0.5, 0.6) is 0 Å². The predicted octanol–water partition coefficient (Wildman–Crippen LogP) is 2.21. The van der Waals surface area contributed by atoms with E-state index in [-0.39, 0.29) is 0 Å². The molecule has 0 aromatic heterocycles. The van der Waals surface area contributed by atoms with Gasteiger partial charge in [-0.25, -0.2) is 0 Å². The minimum Gasteiger partial charge on any atom is -0.382 e. The van der Waals surface area contributed by atoms with Gasteiger partial charge in [-0.1, -0.05) is 19.8 Å². The van der Waals surface area contributed by atoms with E-state index in [1.807, 2.05) is 0 Å². The van der Waals surface area contributed by atoms with E-state index >= 15 is 0 Å². The van der Waals surface area contributed by atoms with Crippen LogP contribution < -0.4 is 5.32 Å². The van der Waals surface area contributed by atoms with Gasteiger partial charge in [-0.3, -0.25) is 0 Å². The molecule has 92 valence electrons. The molecule has 0 radical (unpaired) electrons. The van der Waals surface area contributed by atoms with Crippen LogP contribution in [0, 0.1) is 0 Å². The van der Waals surface area contributed by atoms with Crippen molar-refractivity contribution >= 4 is 0 Å². The van der Waals surface area contributed by atoms with E-state index in [9.17, 15) is 0 Å². The largest absolute Gasteiger partial charge is 0.382 e. The van der Waals surface area contributed by atoms with E-state index < -0.39 is 0 Å². The van der Waals surface area contributed by atoms with Crippen LogP contribution in [0.1, 0.15) is 39.5 Å². The van der Waals surface area contributed by atoms with Crippen LogP contribution in [0.4, 0.5) is 0 Å². The SMILES string of the molecule is CCNC(C)CCCCCOCCOC. The lowest BCUT2D eigenvalue weighted by molar-refractivity contribution is 0.0685. The van der Waals surface area contributed by atoms with Gasteiger partial charge in [0, 0.05) is 19.8 Å². The maximum Gasteiger partial charge on any atom is 0.0700 e. The van der Waals surface area contributed by atoms with E-state index in [4.69, 9.17) is 9.47 Å². The smallest absolute Gasteiger partial charge is 0.0700 e. The number of methoxy groups -OCH3 is 1. The summed E-state index contributed by atoms with van der Waals surface area (Å²) in [6, 6.07) is 0.657. The molecule has 0 spiro atoms. The quantitative estimate of drug-likeness (QED) is 0.538. The topological polar surface area (TPSA) is 30.5 Å². The highest BCUT2D eigenvalue weighted by molar-refractivity contribution is 4.58. The predicted molar refractivity (Wildman–Crippen MR) is 64.3 cm³/mol. The van der Waals surface area contributed by atoms with Crippen LogP contribution >= 0.6 is 0 Å². The van der Waals surface area contributed by atoms with Gasteiger partial charge in [0.2, 0.25) is 0 Å². The molecule has 0 saturated heterocycles. The summed E-state index contributed by atoms with van der Waals surface area (Å²) in [5.41, 5.74) is 0. The van der Waals surface area contributed by atoms with E-state index in [0.717, 1.165) is 19.8 Å². The zero-order valence-electron chi connectivity index (χ0n) is 10.6. The first-order valence-electron chi connectivity index (χ1n) is 6.11. The number of rotatable bonds is 11. The maximum absolute atomic E-state index is 5.39. The van der Waals surface area contributed by atoms with Crippen LogP contribution in [0.2, 0.25) is 0 Å². The molecule has 0 bridgehead atoms. The molecule has 0 rings (SSSR count). The van der Waals surface area contributed by atoms with Crippen molar-refractivity contribution in [2.45, 2.75) is 45.6 Å². The number of hydrogen-bond donors (Lipinski definition) is 1. The Labute approximate surface area is 94.5 Å². The first-order chi connectivity index (χ1) is 7.31. The minimum atomic E-state index is 0.657. The van der Waals surface area contributed by atoms with E-state index in [1.165, 1.54) is 25.7 Å². The number of unbranched alkanes of at least 4 members (excludes halogenated alkanes) is 2. The number of hydrogen-bond acceptors (Lipinski definition) is 3. The van der Waals surface area contributed by atoms with Crippen molar-refractivity contribution in [2.24, 2.45) is 0 Å². The molecule has 1 unspecified atom stereocenters. The molecule has 1 atom stereocenters. The second-order valence-corrected chi connectivity index (χ2v) is 3.91. The second kappa shape index (κ2) is 12.0. The third-order valence-corrected chi connectivity index (χ3v) is 2.41. The molecule has 3 heteroatoms. The molecule has 0 aliphatic rings. The van der Waals surface area contributed by atoms with Crippen molar-refractivity contribution in [1.29, 1.82) is 0 Å². The summed E-state index contributed by atoms with van der Waals surface area (Å²) in [4.78, 5) is 0. The van der Waals surface area contributed by atoms with E-state index in [0.29, 0.717) is 12.6 Å². The first kappa shape index (κ1) is 14.9. The Morgan fingerprint density at radius 1 is 1.07 bits per heavy atom. The van der Waals surface area contributed by atoms with Crippen LogP contribution in [0.3, 0.4) is 0 Å². The Balaban J connectivity index is 2.98. The lowest BCUT2D eigenvalue weighted by Gasteiger charge is -2.11. The number of ether oxygens (including phenoxy) is 2. The van der Waals surface area contributed by atoms with E-state index in [1.54, 1.807) is 7.11 Å². The van der Waals surface area contributed by atoms with Crippen molar-refractivity contribution in [1.82, 2.24) is 5.32 Å². The normalized spacial score (nSPS) is 13.0. The highest BCUT2D eigenvalue weighted by Crippen LogP contribution is 2.03. The standard InChI is InChI=1S/C12H27NO2/c1-4-13-12(2)8-6-5-7-9-15-11-10-14-3/h12-13H,4-11H2,1-3H3. The summed E-state index contributed by atoms with van der Waals surface area (Å²) in [5.74, 6) is 0. The lowest BCUT2D eigenvalue weighted by atomic mass is 10.1. The molecule has 0 aromatic carbocycles. The fourth-order valence-corrected chi connectivity index (χ4v) is 1.53. The molecule has 0 fully saturated rings. The summed E-state index contributed by atoms with van der Waals surface area (Å²) < 4.78 is 10.3. The van der Waals surface area contributed by atoms with Crippen molar-refractivity contribution in [2.75, 3.05) is 33.5 Å². The molecular weight excluding hydrogens is 190 g/mol. The zero-order valence-corrected chi connectivity index (χ0v) is 10.6. The first-order valence-corrected chi connectivity index (χ1v) is 6.11. The van der Waals surface area contributed by atoms with Gasteiger partial charge in [-0.15, -0.1) is 0 Å². The van der Waals surface area contributed by atoms with Gasteiger partial charge in [0.15, 0.2) is 0 Å². The highest BCUT2D eigenvalue weighted by Gasteiger charge is 1.98. The van der Waals surface area contributed by atoms with Gasteiger partial charge < -0.3 is 14.8 Å². The van der Waals surface area contributed by atoms with Gasteiger partial charge in [0.05, 0.1) is 13.2 Å². The summed E-state index contributed by atoms with van der Waals surface area (Å²) in [7, 11) is 1.70. The summed E-state index contributed by atoms with van der Waals surface area (Å²) in [6.45, 7) is 7.78. The molecule has 0 amide bonds. The van der Waals surface area contributed by atoms with Crippen LogP contribution in [0.15, 0.2) is 0 Å². The van der Waals surface area contributed by atoms with Gasteiger partial charge in [0.25, 0.3) is 0 Å². The highest BCUT2D eigenvalue weighted by atomic mass is 16.5. The Morgan fingerprint density at radius 2 is 1.87 bits per heavy atom. The summed E-state index contributed by atoms with van der Waals surface area (Å²) >= 11 is 0. The van der Waals surface area contributed by atoms with Crippen LogP contribution in [-0.4, -0.2) is 39.5 Å². The molecule has 0 heterocycles.